The molecular formula is C11H15NO3. The molecule has 1 amide bonds. The monoisotopic (exact) mass is 209 g/mol. The van der Waals surface area contributed by atoms with Crippen LogP contribution >= 0.6 is 0 Å². The van der Waals surface area contributed by atoms with Crippen LogP contribution in [0.1, 0.15) is 32.6 Å². The number of hydrogen-bond donors (Lipinski definition) is 0. The first kappa shape index (κ1) is 10.2. The Kier molecular flexibility index (Phi) is 2.31. The van der Waals surface area contributed by atoms with E-state index in [9.17, 15) is 4.79 Å². The Hall–Kier alpha value is -1.29. The highest BCUT2D eigenvalue weighted by atomic mass is 16.6. The van der Waals surface area contributed by atoms with Crippen LogP contribution in [0.5, 0.6) is 0 Å². The van der Waals surface area contributed by atoms with Crippen molar-refractivity contribution < 1.29 is 13.9 Å². The summed E-state index contributed by atoms with van der Waals surface area (Å²) < 4.78 is 11.1. The second-order valence-electron chi connectivity index (χ2n) is 4.20. The minimum Gasteiger partial charge on any atom is -0.467 e. The molecule has 82 valence electrons. The molecule has 15 heavy (non-hydrogen) atoms. The summed E-state index contributed by atoms with van der Waals surface area (Å²) in [7, 11) is 0. The van der Waals surface area contributed by atoms with Gasteiger partial charge in [-0.25, -0.2) is 0 Å². The van der Waals surface area contributed by atoms with Gasteiger partial charge in [-0.05, 0) is 26.0 Å². The third-order valence-corrected chi connectivity index (χ3v) is 2.67. The van der Waals surface area contributed by atoms with Crippen molar-refractivity contribution in [2.45, 2.75) is 32.6 Å². The molecule has 1 unspecified atom stereocenters. The van der Waals surface area contributed by atoms with E-state index in [4.69, 9.17) is 9.15 Å². The first-order chi connectivity index (χ1) is 7.00. The first-order valence-corrected chi connectivity index (χ1v) is 5.00. The molecule has 0 spiro atoms. The summed E-state index contributed by atoms with van der Waals surface area (Å²) in [6.07, 6.45) is 1.46. The molecule has 4 nitrogen and oxygen atoms in total. The average Bonchev–Trinajstić information content (AvgIpc) is 2.69. The van der Waals surface area contributed by atoms with Crippen LogP contribution in [0.25, 0.3) is 0 Å². The summed E-state index contributed by atoms with van der Waals surface area (Å²) in [6.45, 7) is 5.88. The van der Waals surface area contributed by atoms with Gasteiger partial charge in [-0.2, -0.15) is 0 Å². The number of nitrogens with zero attached hydrogens (tertiary/aromatic N) is 1. The molecule has 1 saturated heterocycles. The molecule has 0 aliphatic carbocycles. The molecule has 1 aromatic heterocycles. The molecular weight excluding hydrogens is 194 g/mol. The highest BCUT2D eigenvalue weighted by Crippen LogP contribution is 2.35. The van der Waals surface area contributed by atoms with Gasteiger partial charge < -0.3 is 14.1 Å². The molecule has 0 bridgehead atoms. The minimum absolute atomic E-state index is 0.0223. The number of furan rings is 1. The zero-order valence-electron chi connectivity index (χ0n) is 9.19. The van der Waals surface area contributed by atoms with Gasteiger partial charge in [0.25, 0.3) is 0 Å². The predicted octanol–water partition coefficient (Wildman–Crippen LogP) is 1.94. The van der Waals surface area contributed by atoms with Crippen LogP contribution < -0.4 is 0 Å². The molecule has 4 heteroatoms. The molecule has 0 N–H and O–H groups in total. The van der Waals surface area contributed by atoms with Crippen LogP contribution in [-0.2, 0) is 9.53 Å². The molecule has 1 aliphatic rings. The molecule has 0 radical (unpaired) electrons. The summed E-state index contributed by atoms with van der Waals surface area (Å²) in [5.74, 6) is 0.792. The second kappa shape index (κ2) is 3.38. The normalized spacial score (nSPS) is 24.5. The van der Waals surface area contributed by atoms with E-state index in [-0.39, 0.29) is 12.0 Å². The van der Waals surface area contributed by atoms with Gasteiger partial charge in [-0.3, -0.25) is 4.79 Å². The largest absolute Gasteiger partial charge is 0.467 e. The lowest BCUT2D eigenvalue weighted by atomic mass is 10.2. The van der Waals surface area contributed by atoms with E-state index in [0.717, 1.165) is 5.76 Å². The minimum atomic E-state index is -0.552. The summed E-state index contributed by atoms with van der Waals surface area (Å²) in [6, 6.07) is 3.69. The van der Waals surface area contributed by atoms with Gasteiger partial charge in [0, 0.05) is 6.92 Å². The third-order valence-electron chi connectivity index (χ3n) is 2.67. The number of carbonyl (C=O) groups excluding carboxylic acids is 1. The fourth-order valence-electron chi connectivity index (χ4n) is 1.96. The van der Waals surface area contributed by atoms with Crippen LogP contribution in [0.3, 0.4) is 0 Å². The van der Waals surface area contributed by atoms with Crippen molar-refractivity contribution >= 4 is 5.91 Å². The Labute approximate surface area is 88.8 Å². The zero-order chi connectivity index (χ0) is 11.1. The molecule has 1 atom stereocenters. The second-order valence-corrected chi connectivity index (χ2v) is 4.20. The molecule has 2 heterocycles. The topological polar surface area (TPSA) is 42.7 Å². The Morgan fingerprint density at radius 2 is 2.33 bits per heavy atom. The van der Waals surface area contributed by atoms with Crippen molar-refractivity contribution in [2.24, 2.45) is 0 Å². The van der Waals surface area contributed by atoms with E-state index in [1.807, 2.05) is 26.0 Å². The maximum atomic E-state index is 11.4. The Morgan fingerprint density at radius 1 is 1.60 bits per heavy atom. The van der Waals surface area contributed by atoms with Crippen molar-refractivity contribution in [1.29, 1.82) is 0 Å². The lowest BCUT2D eigenvalue weighted by molar-refractivity contribution is -0.143. The molecule has 1 aromatic rings. The van der Waals surface area contributed by atoms with Gasteiger partial charge in [-0.15, -0.1) is 0 Å². The lowest BCUT2D eigenvalue weighted by Gasteiger charge is -2.28. The third kappa shape index (κ3) is 1.77. The standard InChI is InChI=1S/C11H15NO3/c1-8(13)12-7-10(15-11(12,2)3)9-5-4-6-14-9/h4-6,10H,7H2,1-3H3. The molecule has 0 saturated carbocycles. The van der Waals surface area contributed by atoms with E-state index in [0.29, 0.717) is 6.54 Å². The number of rotatable bonds is 1. The summed E-state index contributed by atoms with van der Waals surface area (Å²) >= 11 is 0. The summed E-state index contributed by atoms with van der Waals surface area (Å²) in [4.78, 5) is 13.1. The average molecular weight is 209 g/mol. The quantitative estimate of drug-likeness (QED) is 0.709. The van der Waals surface area contributed by atoms with E-state index < -0.39 is 5.72 Å². The van der Waals surface area contributed by atoms with Gasteiger partial charge in [0.15, 0.2) is 0 Å². The summed E-state index contributed by atoms with van der Waals surface area (Å²) in [5, 5.41) is 0. The number of amides is 1. The highest BCUT2D eigenvalue weighted by Gasteiger charge is 2.42. The number of hydrogen-bond acceptors (Lipinski definition) is 3. The van der Waals surface area contributed by atoms with Crippen LogP contribution in [0.2, 0.25) is 0 Å². The van der Waals surface area contributed by atoms with Crippen LogP contribution in [0.4, 0.5) is 0 Å². The molecule has 0 aromatic carbocycles. The van der Waals surface area contributed by atoms with E-state index in [1.165, 1.54) is 0 Å². The maximum Gasteiger partial charge on any atom is 0.221 e. The first-order valence-electron chi connectivity index (χ1n) is 5.00. The number of ether oxygens (including phenoxy) is 1. The van der Waals surface area contributed by atoms with Gasteiger partial charge in [0.2, 0.25) is 5.91 Å². The van der Waals surface area contributed by atoms with Crippen molar-refractivity contribution in [1.82, 2.24) is 4.90 Å². The Bertz CT molecular complexity index is 356. The van der Waals surface area contributed by atoms with Gasteiger partial charge in [0.1, 0.15) is 17.6 Å². The zero-order valence-corrected chi connectivity index (χ0v) is 9.19. The predicted molar refractivity (Wildman–Crippen MR) is 54.0 cm³/mol. The van der Waals surface area contributed by atoms with Gasteiger partial charge in [0.05, 0.1) is 12.8 Å². The van der Waals surface area contributed by atoms with Gasteiger partial charge >= 0.3 is 0 Å². The van der Waals surface area contributed by atoms with Crippen LogP contribution in [0, 0.1) is 0 Å². The van der Waals surface area contributed by atoms with Crippen molar-refractivity contribution in [3.05, 3.63) is 24.2 Å². The smallest absolute Gasteiger partial charge is 0.221 e. The van der Waals surface area contributed by atoms with E-state index in [2.05, 4.69) is 0 Å². The van der Waals surface area contributed by atoms with Gasteiger partial charge in [-0.1, -0.05) is 0 Å². The van der Waals surface area contributed by atoms with Crippen molar-refractivity contribution in [3.63, 3.8) is 0 Å². The van der Waals surface area contributed by atoms with Crippen molar-refractivity contribution in [3.8, 4) is 0 Å². The van der Waals surface area contributed by atoms with E-state index in [1.54, 1.807) is 18.1 Å². The number of carbonyl (C=O) groups is 1. The fraction of sp³-hybridized carbons (Fsp3) is 0.545. The lowest BCUT2D eigenvalue weighted by Crippen LogP contribution is -2.42. The molecule has 1 fully saturated rings. The van der Waals surface area contributed by atoms with Crippen LogP contribution in [-0.4, -0.2) is 23.1 Å². The van der Waals surface area contributed by atoms with Crippen LogP contribution in [0.15, 0.2) is 22.8 Å². The summed E-state index contributed by atoms with van der Waals surface area (Å²) in [5.41, 5.74) is -0.552. The maximum absolute atomic E-state index is 11.4. The fourth-order valence-corrected chi connectivity index (χ4v) is 1.96. The Morgan fingerprint density at radius 3 is 2.80 bits per heavy atom. The van der Waals surface area contributed by atoms with E-state index >= 15 is 0 Å². The molecule has 2 rings (SSSR count). The SMILES string of the molecule is CC(=O)N1CC(c2ccco2)OC1(C)C. The molecule has 1 aliphatic heterocycles. The Balaban J connectivity index is 2.19. The highest BCUT2D eigenvalue weighted by molar-refractivity contribution is 5.74. The van der Waals surface area contributed by atoms with Crippen molar-refractivity contribution in [2.75, 3.05) is 6.54 Å².